The van der Waals surface area contributed by atoms with E-state index in [0.29, 0.717) is 0 Å². The average molecular weight is 293 g/mol. The Bertz CT molecular complexity index is 640. The summed E-state index contributed by atoms with van der Waals surface area (Å²) in [6.45, 7) is 1.80. The van der Waals surface area contributed by atoms with Gasteiger partial charge in [0, 0.05) is 12.5 Å². The van der Waals surface area contributed by atoms with E-state index in [1.165, 1.54) is 12.1 Å². The zero-order chi connectivity index (χ0) is 15.4. The van der Waals surface area contributed by atoms with Gasteiger partial charge in [0.05, 0.1) is 5.69 Å². The Morgan fingerprint density at radius 2 is 1.67 bits per heavy atom. The SMILES string of the molecule is CC(CC(=O)Nc1cc(F)ccc1F)c1ccc(F)cc1. The predicted octanol–water partition coefficient (Wildman–Crippen LogP) is 4.24. The van der Waals surface area contributed by atoms with Gasteiger partial charge < -0.3 is 5.32 Å². The van der Waals surface area contributed by atoms with Crippen LogP contribution in [0, 0.1) is 17.5 Å². The summed E-state index contributed by atoms with van der Waals surface area (Å²) in [6, 6.07) is 8.67. The van der Waals surface area contributed by atoms with E-state index < -0.39 is 17.5 Å². The molecule has 110 valence electrons. The second-order valence-corrected chi connectivity index (χ2v) is 4.83. The van der Waals surface area contributed by atoms with Crippen molar-refractivity contribution >= 4 is 11.6 Å². The summed E-state index contributed by atoms with van der Waals surface area (Å²) in [4.78, 5) is 11.9. The summed E-state index contributed by atoms with van der Waals surface area (Å²) >= 11 is 0. The number of halogens is 3. The number of nitrogens with one attached hydrogen (secondary N) is 1. The van der Waals surface area contributed by atoms with Crippen LogP contribution in [0.2, 0.25) is 0 Å². The highest BCUT2D eigenvalue weighted by molar-refractivity contribution is 5.91. The molecule has 0 heterocycles. The minimum Gasteiger partial charge on any atom is -0.323 e. The zero-order valence-electron chi connectivity index (χ0n) is 11.4. The Hall–Kier alpha value is -2.30. The summed E-state index contributed by atoms with van der Waals surface area (Å²) < 4.78 is 39.2. The Balaban J connectivity index is 2.01. The third kappa shape index (κ3) is 4.08. The highest BCUT2D eigenvalue weighted by atomic mass is 19.1. The molecule has 1 N–H and O–H groups in total. The maximum Gasteiger partial charge on any atom is 0.225 e. The second-order valence-electron chi connectivity index (χ2n) is 4.83. The Labute approximate surface area is 120 Å². The van der Waals surface area contributed by atoms with Crippen LogP contribution in [0.5, 0.6) is 0 Å². The molecule has 2 rings (SSSR count). The molecule has 2 nitrogen and oxygen atoms in total. The predicted molar refractivity (Wildman–Crippen MR) is 74.4 cm³/mol. The number of anilines is 1. The van der Waals surface area contributed by atoms with Gasteiger partial charge in [0.25, 0.3) is 0 Å². The maximum absolute atomic E-state index is 13.4. The molecule has 0 saturated heterocycles. The van der Waals surface area contributed by atoms with Gasteiger partial charge >= 0.3 is 0 Å². The summed E-state index contributed by atoms with van der Waals surface area (Å²) in [5.41, 5.74) is 0.609. The maximum atomic E-state index is 13.4. The Morgan fingerprint density at radius 1 is 1.05 bits per heavy atom. The van der Waals surface area contributed by atoms with Crippen molar-refractivity contribution in [2.24, 2.45) is 0 Å². The molecule has 1 amide bonds. The lowest BCUT2D eigenvalue weighted by Gasteiger charge is -2.12. The van der Waals surface area contributed by atoms with E-state index in [0.717, 1.165) is 23.8 Å². The molecule has 0 fully saturated rings. The van der Waals surface area contributed by atoms with Gasteiger partial charge in [-0.15, -0.1) is 0 Å². The van der Waals surface area contributed by atoms with Gasteiger partial charge in [-0.2, -0.15) is 0 Å². The second kappa shape index (κ2) is 6.43. The van der Waals surface area contributed by atoms with Gasteiger partial charge in [0.2, 0.25) is 5.91 Å². The van der Waals surface area contributed by atoms with Gasteiger partial charge in [0.1, 0.15) is 17.5 Å². The van der Waals surface area contributed by atoms with Gasteiger partial charge in [-0.05, 0) is 35.7 Å². The molecule has 5 heteroatoms. The highest BCUT2D eigenvalue weighted by Crippen LogP contribution is 2.21. The monoisotopic (exact) mass is 293 g/mol. The van der Waals surface area contributed by atoms with Crippen molar-refractivity contribution in [3.8, 4) is 0 Å². The number of hydrogen-bond acceptors (Lipinski definition) is 1. The largest absolute Gasteiger partial charge is 0.323 e. The van der Waals surface area contributed by atoms with Crippen LogP contribution in [-0.4, -0.2) is 5.91 Å². The normalized spacial score (nSPS) is 12.0. The molecule has 2 aromatic rings. The summed E-state index contributed by atoms with van der Waals surface area (Å²) in [5.74, 6) is -2.27. The number of carbonyl (C=O) groups is 1. The molecule has 1 unspecified atom stereocenters. The van der Waals surface area contributed by atoms with E-state index in [9.17, 15) is 18.0 Å². The molecule has 0 radical (unpaired) electrons. The van der Waals surface area contributed by atoms with Crippen molar-refractivity contribution in [1.82, 2.24) is 0 Å². The lowest BCUT2D eigenvalue weighted by Crippen LogP contribution is -2.15. The Morgan fingerprint density at radius 3 is 2.33 bits per heavy atom. The third-order valence-corrected chi connectivity index (χ3v) is 3.13. The summed E-state index contributed by atoms with van der Waals surface area (Å²) in [7, 11) is 0. The van der Waals surface area contributed by atoms with Crippen molar-refractivity contribution in [3.05, 3.63) is 65.5 Å². The fourth-order valence-electron chi connectivity index (χ4n) is 1.98. The van der Waals surface area contributed by atoms with Crippen LogP contribution in [-0.2, 0) is 4.79 Å². The minimum atomic E-state index is -0.695. The quantitative estimate of drug-likeness (QED) is 0.897. The number of benzene rings is 2. The lowest BCUT2D eigenvalue weighted by molar-refractivity contribution is -0.116. The van der Waals surface area contributed by atoms with Crippen LogP contribution in [0.1, 0.15) is 24.8 Å². The average Bonchev–Trinajstić information content (AvgIpc) is 2.43. The van der Waals surface area contributed by atoms with Gasteiger partial charge in [-0.25, -0.2) is 13.2 Å². The molecule has 0 bridgehead atoms. The molecule has 0 aliphatic carbocycles. The fraction of sp³-hybridized carbons (Fsp3) is 0.188. The summed E-state index contributed by atoms with van der Waals surface area (Å²) in [6.07, 6.45) is 0.0849. The molecule has 2 aromatic carbocycles. The molecular weight excluding hydrogens is 279 g/mol. The summed E-state index contributed by atoms with van der Waals surface area (Å²) in [5, 5.41) is 2.34. The van der Waals surface area contributed by atoms with E-state index >= 15 is 0 Å². The van der Waals surface area contributed by atoms with E-state index in [1.54, 1.807) is 19.1 Å². The first-order chi connectivity index (χ1) is 9.95. The molecule has 1 atom stereocenters. The van der Waals surface area contributed by atoms with Crippen LogP contribution in [0.3, 0.4) is 0 Å². The first-order valence-electron chi connectivity index (χ1n) is 6.46. The van der Waals surface area contributed by atoms with E-state index in [-0.39, 0.29) is 23.8 Å². The Kier molecular flexibility index (Phi) is 4.62. The van der Waals surface area contributed by atoms with Crippen molar-refractivity contribution < 1.29 is 18.0 Å². The topological polar surface area (TPSA) is 29.1 Å². The van der Waals surface area contributed by atoms with E-state index in [1.807, 2.05) is 0 Å². The molecule has 0 aromatic heterocycles. The highest BCUT2D eigenvalue weighted by Gasteiger charge is 2.13. The van der Waals surface area contributed by atoms with Crippen molar-refractivity contribution in [3.63, 3.8) is 0 Å². The van der Waals surface area contributed by atoms with Crippen molar-refractivity contribution in [2.45, 2.75) is 19.3 Å². The standard InChI is InChI=1S/C16H14F3NO/c1-10(11-2-4-12(17)5-3-11)8-16(21)20-15-9-13(18)6-7-14(15)19/h2-7,9-10H,8H2,1H3,(H,20,21). The van der Waals surface area contributed by atoms with Crippen molar-refractivity contribution in [2.75, 3.05) is 5.32 Å². The van der Waals surface area contributed by atoms with Crippen LogP contribution in [0.25, 0.3) is 0 Å². The van der Waals surface area contributed by atoms with E-state index in [2.05, 4.69) is 5.32 Å². The lowest BCUT2D eigenvalue weighted by atomic mass is 9.97. The first kappa shape index (κ1) is 15.1. The number of rotatable bonds is 4. The van der Waals surface area contributed by atoms with Crippen LogP contribution < -0.4 is 5.32 Å². The molecule has 0 aliphatic heterocycles. The molecule has 0 spiro atoms. The zero-order valence-corrected chi connectivity index (χ0v) is 11.4. The van der Waals surface area contributed by atoms with Crippen LogP contribution in [0.15, 0.2) is 42.5 Å². The molecular formula is C16H14F3NO. The van der Waals surface area contributed by atoms with E-state index in [4.69, 9.17) is 0 Å². The smallest absolute Gasteiger partial charge is 0.225 e. The van der Waals surface area contributed by atoms with Crippen molar-refractivity contribution in [1.29, 1.82) is 0 Å². The van der Waals surface area contributed by atoms with Gasteiger partial charge in [-0.3, -0.25) is 4.79 Å². The first-order valence-corrected chi connectivity index (χ1v) is 6.46. The fourth-order valence-corrected chi connectivity index (χ4v) is 1.98. The molecule has 21 heavy (non-hydrogen) atoms. The number of carbonyl (C=O) groups excluding carboxylic acids is 1. The molecule has 0 aliphatic rings. The van der Waals surface area contributed by atoms with Gasteiger partial charge in [-0.1, -0.05) is 19.1 Å². The minimum absolute atomic E-state index is 0.0849. The van der Waals surface area contributed by atoms with Gasteiger partial charge in [0.15, 0.2) is 0 Å². The number of hydrogen-bond donors (Lipinski definition) is 1. The van der Waals surface area contributed by atoms with Crippen LogP contribution >= 0.6 is 0 Å². The number of amides is 1. The third-order valence-electron chi connectivity index (χ3n) is 3.13. The van der Waals surface area contributed by atoms with Crippen LogP contribution in [0.4, 0.5) is 18.9 Å². The molecule has 0 saturated carbocycles.